The third-order valence-electron chi connectivity index (χ3n) is 2.89. The van der Waals surface area contributed by atoms with Crippen LogP contribution in [0.5, 0.6) is 0 Å². The Morgan fingerprint density at radius 1 is 1.18 bits per heavy atom. The Kier molecular flexibility index (Phi) is 7.03. The third kappa shape index (κ3) is 10.5. The first kappa shape index (κ1) is 16.7. The third-order valence-corrected chi connectivity index (χ3v) is 2.89. The van der Waals surface area contributed by atoms with Gasteiger partial charge < -0.3 is 9.84 Å². The van der Waals surface area contributed by atoms with Crippen molar-refractivity contribution < 1.29 is 9.84 Å². The summed E-state index contributed by atoms with van der Waals surface area (Å²) in [5, 5.41) is 9.83. The molecule has 17 heavy (non-hydrogen) atoms. The van der Waals surface area contributed by atoms with Crippen LogP contribution >= 0.6 is 0 Å². The summed E-state index contributed by atoms with van der Waals surface area (Å²) in [6.07, 6.45) is 5.68. The molecule has 2 nitrogen and oxygen atoms in total. The lowest BCUT2D eigenvalue weighted by atomic mass is 9.84. The number of aliphatic hydroxyl groups excluding tert-OH is 1. The highest BCUT2D eigenvalue weighted by molar-refractivity contribution is 4.92. The van der Waals surface area contributed by atoms with Gasteiger partial charge in [0.2, 0.25) is 0 Å². The van der Waals surface area contributed by atoms with Gasteiger partial charge in [-0.05, 0) is 17.3 Å². The average molecular weight is 242 g/mol. The normalized spacial score (nSPS) is 15.5. The molecule has 0 bridgehead atoms. The van der Waals surface area contributed by atoms with Crippen molar-refractivity contribution in [1.29, 1.82) is 0 Å². The van der Waals surface area contributed by atoms with Crippen molar-refractivity contribution in [3.05, 3.63) is 12.2 Å². The van der Waals surface area contributed by atoms with Crippen molar-refractivity contribution in [2.45, 2.75) is 60.5 Å². The zero-order valence-electron chi connectivity index (χ0n) is 12.4. The Bertz CT molecular complexity index is 224. The van der Waals surface area contributed by atoms with E-state index in [1.165, 1.54) is 0 Å². The van der Waals surface area contributed by atoms with Gasteiger partial charge in [0.1, 0.15) is 0 Å². The van der Waals surface area contributed by atoms with Gasteiger partial charge >= 0.3 is 0 Å². The van der Waals surface area contributed by atoms with E-state index >= 15 is 0 Å². The molecule has 0 aliphatic carbocycles. The minimum atomic E-state index is -0.354. The van der Waals surface area contributed by atoms with E-state index in [9.17, 15) is 5.11 Å². The topological polar surface area (TPSA) is 29.5 Å². The summed E-state index contributed by atoms with van der Waals surface area (Å²) >= 11 is 0. The molecule has 1 N–H and O–H groups in total. The van der Waals surface area contributed by atoms with Crippen molar-refractivity contribution in [3.63, 3.8) is 0 Å². The second kappa shape index (κ2) is 7.17. The summed E-state index contributed by atoms with van der Waals surface area (Å²) in [6, 6.07) is 0. The molecule has 0 spiro atoms. The minimum Gasteiger partial charge on any atom is -0.391 e. The van der Waals surface area contributed by atoms with Crippen LogP contribution in [-0.4, -0.2) is 24.4 Å². The lowest BCUT2D eigenvalue weighted by Crippen LogP contribution is -2.24. The van der Waals surface area contributed by atoms with E-state index in [2.05, 4.69) is 47.6 Å². The number of ether oxygens (including phenoxy) is 1. The van der Waals surface area contributed by atoms with Crippen LogP contribution < -0.4 is 0 Å². The van der Waals surface area contributed by atoms with E-state index in [4.69, 9.17) is 4.74 Å². The summed E-state index contributed by atoms with van der Waals surface area (Å²) < 4.78 is 5.44. The average Bonchev–Trinajstić information content (AvgIpc) is 2.14. The predicted molar refractivity (Wildman–Crippen MR) is 74.1 cm³/mol. The fourth-order valence-electron chi connectivity index (χ4n) is 1.51. The zero-order chi connectivity index (χ0) is 13.5. The van der Waals surface area contributed by atoms with Gasteiger partial charge in [0.05, 0.1) is 19.3 Å². The van der Waals surface area contributed by atoms with Gasteiger partial charge in [0.15, 0.2) is 0 Å². The summed E-state index contributed by atoms with van der Waals surface area (Å²) in [4.78, 5) is 0. The van der Waals surface area contributed by atoms with Crippen LogP contribution in [0.15, 0.2) is 12.2 Å². The number of hydrogen-bond donors (Lipinski definition) is 1. The molecule has 102 valence electrons. The minimum absolute atomic E-state index is 0.198. The molecule has 0 aromatic carbocycles. The van der Waals surface area contributed by atoms with Crippen molar-refractivity contribution in [2.75, 3.05) is 13.2 Å². The molecule has 1 unspecified atom stereocenters. The van der Waals surface area contributed by atoms with Gasteiger partial charge in [-0.1, -0.05) is 60.1 Å². The van der Waals surface area contributed by atoms with E-state index in [0.29, 0.717) is 13.2 Å². The van der Waals surface area contributed by atoms with Gasteiger partial charge in [0.25, 0.3) is 0 Å². The molecule has 0 saturated heterocycles. The molecular weight excluding hydrogens is 212 g/mol. The predicted octanol–water partition coefficient (Wildman–Crippen LogP) is 3.79. The molecule has 0 amide bonds. The first-order valence-corrected chi connectivity index (χ1v) is 6.60. The molecule has 0 heterocycles. The monoisotopic (exact) mass is 242 g/mol. The van der Waals surface area contributed by atoms with Crippen LogP contribution in [0.3, 0.4) is 0 Å². The van der Waals surface area contributed by atoms with Crippen LogP contribution in [0.4, 0.5) is 0 Å². The van der Waals surface area contributed by atoms with Crippen molar-refractivity contribution in [2.24, 2.45) is 10.8 Å². The highest BCUT2D eigenvalue weighted by atomic mass is 16.5. The van der Waals surface area contributed by atoms with Crippen molar-refractivity contribution in [1.82, 2.24) is 0 Å². The Morgan fingerprint density at radius 2 is 1.76 bits per heavy atom. The summed E-state index contributed by atoms with van der Waals surface area (Å²) in [7, 11) is 0. The lowest BCUT2D eigenvalue weighted by Gasteiger charge is -2.25. The number of rotatable bonds is 7. The number of allylic oxidation sites excluding steroid dienone is 1. The largest absolute Gasteiger partial charge is 0.391 e. The van der Waals surface area contributed by atoms with E-state index in [0.717, 1.165) is 12.8 Å². The highest BCUT2D eigenvalue weighted by Crippen LogP contribution is 2.26. The molecule has 0 radical (unpaired) electrons. The molecule has 0 aliphatic heterocycles. The summed E-state index contributed by atoms with van der Waals surface area (Å²) in [6.45, 7) is 14.0. The Labute approximate surface area is 107 Å². The zero-order valence-corrected chi connectivity index (χ0v) is 12.4. The Hall–Kier alpha value is -0.340. The molecule has 0 aromatic rings. The number of hydrogen-bond acceptors (Lipinski definition) is 2. The highest BCUT2D eigenvalue weighted by Gasteiger charge is 2.19. The van der Waals surface area contributed by atoms with Gasteiger partial charge in [-0.25, -0.2) is 0 Å². The van der Waals surface area contributed by atoms with E-state index < -0.39 is 0 Å². The smallest absolute Gasteiger partial charge is 0.0778 e. The Balaban J connectivity index is 3.73. The Morgan fingerprint density at radius 3 is 2.24 bits per heavy atom. The SMILES string of the molecule is CCC(C)(C)CC(O)COCC=CC(C)(C)C. The van der Waals surface area contributed by atoms with Crippen LogP contribution in [0, 0.1) is 10.8 Å². The standard InChI is InChI=1S/C15H30O2/c1-7-15(5,6)11-13(16)12-17-10-8-9-14(2,3)4/h8-9,13,16H,7,10-12H2,1-6H3. The van der Waals surface area contributed by atoms with Gasteiger partial charge in [-0.3, -0.25) is 0 Å². The van der Waals surface area contributed by atoms with Crippen molar-refractivity contribution in [3.8, 4) is 0 Å². The molecule has 0 aromatic heterocycles. The fraction of sp³-hybridized carbons (Fsp3) is 0.867. The molecule has 0 rings (SSSR count). The lowest BCUT2D eigenvalue weighted by molar-refractivity contribution is 0.0223. The van der Waals surface area contributed by atoms with Gasteiger partial charge in [-0.15, -0.1) is 0 Å². The fourth-order valence-corrected chi connectivity index (χ4v) is 1.51. The molecule has 1 atom stereocenters. The first-order chi connectivity index (χ1) is 7.66. The van der Waals surface area contributed by atoms with E-state index in [1.54, 1.807) is 0 Å². The van der Waals surface area contributed by atoms with Crippen LogP contribution in [0.1, 0.15) is 54.4 Å². The molecular formula is C15H30O2. The van der Waals surface area contributed by atoms with E-state index in [-0.39, 0.29) is 16.9 Å². The molecule has 2 heteroatoms. The van der Waals surface area contributed by atoms with Gasteiger partial charge in [0, 0.05) is 0 Å². The molecule has 0 fully saturated rings. The van der Waals surface area contributed by atoms with Crippen molar-refractivity contribution >= 4 is 0 Å². The molecule has 0 aliphatic rings. The van der Waals surface area contributed by atoms with Crippen LogP contribution in [0.2, 0.25) is 0 Å². The summed E-state index contributed by atoms with van der Waals surface area (Å²) in [5.74, 6) is 0. The van der Waals surface area contributed by atoms with E-state index in [1.807, 2.05) is 6.08 Å². The number of aliphatic hydroxyl groups is 1. The summed E-state index contributed by atoms with van der Waals surface area (Å²) in [5.41, 5.74) is 0.399. The maximum absolute atomic E-state index is 9.83. The quantitative estimate of drug-likeness (QED) is 0.543. The maximum atomic E-state index is 9.83. The van der Waals surface area contributed by atoms with Crippen LogP contribution in [-0.2, 0) is 4.74 Å². The van der Waals surface area contributed by atoms with Crippen LogP contribution in [0.25, 0.3) is 0 Å². The second-order valence-corrected chi connectivity index (χ2v) is 6.68. The second-order valence-electron chi connectivity index (χ2n) is 6.68. The molecule has 0 saturated carbocycles. The first-order valence-electron chi connectivity index (χ1n) is 6.60. The van der Waals surface area contributed by atoms with Gasteiger partial charge in [-0.2, -0.15) is 0 Å². The maximum Gasteiger partial charge on any atom is 0.0778 e.